The first-order valence-corrected chi connectivity index (χ1v) is 5.62. The molecule has 2 N–H and O–H groups in total. The van der Waals surface area contributed by atoms with E-state index in [0.717, 1.165) is 25.0 Å². The van der Waals surface area contributed by atoms with E-state index in [1.165, 1.54) is 11.1 Å². The predicted molar refractivity (Wildman–Crippen MR) is 64.3 cm³/mol. The van der Waals surface area contributed by atoms with Crippen molar-refractivity contribution in [1.82, 2.24) is 0 Å². The molecular formula is C13H21NO. The Morgan fingerprint density at radius 1 is 1.33 bits per heavy atom. The van der Waals surface area contributed by atoms with Crippen molar-refractivity contribution < 1.29 is 4.74 Å². The van der Waals surface area contributed by atoms with Gasteiger partial charge in [0.1, 0.15) is 5.75 Å². The van der Waals surface area contributed by atoms with Crippen LogP contribution in [0.3, 0.4) is 0 Å². The van der Waals surface area contributed by atoms with Gasteiger partial charge in [-0.15, -0.1) is 0 Å². The lowest BCUT2D eigenvalue weighted by Gasteiger charge is -2.12. The maximum absolute atomic E-state index is 5.93. The molecule has 0 fully saturated rings. The maximum atomic E-state index is 5.93. The second kappa shape index (κ2) is 5.76. The minimum atomic E-state index is 0.252. The zero-order chi connectivity index (χ0) is 11.3. The third-order valence-corrected chi connectivity index (χ3v) is 2.75. The van der Waals surface area contributed by atoms with Gasteiger partial charge in [0.15, 0.2) is 0 Å². The fraction of sp³-hybridized carbons (Fsp3) is 0.538. The van der Waals surface area contributed by atoms with Crippen LogP contribution in [0, 0.1) is 0 Å². The van der Waals surface area contributed by atoms with E-state index in [9.17, 15) is 0 Å². The van der Waals surface area contributed by atoms with Gasteiger partial charge in [0.25, 0.3) is 0 Å². The lowest BCUT2D eigenvalue weighted by atomic mass is 10.0. The fourth-order valence-electron chi connectivity index (χ4n) is 1.66. The molecule has 15 heavy (non-hydrogen) atoms. The van der Waals surface area contributed by atoms with Gasteiger partial charge in [-0.05, 0) is 36.5 Å². The molecule has 0 aliphatic heterocycles. The Morgan fingerprint density at radius 2 is 2.07 bits per heavy atom. The van der Waals surface area contributed by atoms with Crippen LogP contribution in [0.4, 0.5) is 0 Å². The molecular weight excluding hydrogens is 186 g/mol. The molecule has 0 aliphatic carbocycles. The van der Waals surface area contributed by atoms with Crippen LogP contribution < -0.4 is 10.5 Å². The Balaban J connectivity index is 2.83. The largest absolute Gasteiger partial charge is 0.496 e. The highest BCUT2D eigenvalue weighted by atomic mass is 16.5. The lowest BCUT2D eigenvalue weighted by Crippen LogP contribution is -2.21. The zero-order valence-corrected chi connectivity index (χ0v) is 9.92. The quantitative estimate of drug-likeness (QED) is 0.805. The fourth-order valence-corrected chi connectivity index (χ4v) is 1.66. The molecule has 0 radical (unpaired) electrons. The molecule has 0 bridgehead atoms. The van der Waals surface area contributed by atoms with Crippen LogP contribution in [-0.2, 0) is 12.8 Å². The molecule has 0 unspecified atom stereocenters. The van der Waals surface area contributed by atoms with Crippen LogP contribution in [-0.4, -0.2) is 13.2 Å². The molecule has 1 aromatic rings. The Hall–Kier alpha value is -1.02. The molecule has 0 saturated carbocycles. The van der Waals surface area contributed by atoms with Crippen molar-refractivity contribution >= 4 is 0 Å². The van der Waals surface area contributed by atoms with Crippen molar-refractivity contribution in [3.05, 3.63) is 29.3 Å². The van der Waals surface area contributed by atoms with Crippen molar-refractivity contribution in [1.29, 1.82) is 0 Å². The molecule has 0 spiro atoms. The molecule has 84 valence electrons. The van der Waals surface area contributed by atoms with Gasteiger partial charge in [0.05, 0.1) is 7.11 Å². The van der Waals surface area contributed by atoms with E-state index in [1.54, 1.807) is 7.11 Å². The Morgan fingerprint density at radius 3 is 2.60 bits per heavy atom. The minimum absolute atomic E-state index is 0.252. The summed E-state index contributed by atoms with van der Waals surface area (Å²) in [4.78, 5) is 0. The number of methoxy groups -OCH3 is 1. The molecule has 1 aromatic carbocycles. The van der Waals surface area contributed by atoms with Crippen molar-refractivity contribution in [2.75, 3.05) is 7.11 Å². The zero-order valence-electron chi connectivity index (χ0n) is 9.92. The highest BCUT2D eigenvalue weighted by molar-refractivity contribution is 5.37. The Labute approximate surface area is 92.4 Å². The van der Waals surface area contributed by atoms with Crippen molar-refractivity contribution in [3.63, 3.8) is 0 Å². The van der Waals surface area contributed by atoms with Gasteiger partial charge in [-0.3, -0.25) is 0 Å². The topological polar surface area (TPSA) is 35.2 Å². The summed E-state index contributed by atoms with van der Waals surface area (Å²) in [6, 6.07) is 6.64. The third kappa shape index (κ3) is 3.24. The summed E-state index contributed by atoms with van der Waals surface area (Å²) in [6.07, 6.45) is 2.94. The molecule has 0 aromatic heterocycles. The van der Waals surface area contributed by atoms with E-state index >= 15 is 0 Å². The number of benzene rings is 1. The van der Waals surface area contributed by atoms with Gasteiger partial charge < -0.3 is 10.5 Å². The van der Waals surface area contributed by atoms with E-state index in [0.29, 0.717) is 0 Å². The number of nitrogens with two attached hydrogens (primary N) is 1. The molecule has 0 saturated heterocycles. The standard InChI is InChI=1S/C13H21NO/c1-4-11-7-6-10(8-12(14)5-2)9-13(11)15-3/h6-7,9,12H,4-5,8,14H2,1-3H3/t12-/m1/s1. The van der Waals surface area contributed by atoms with Crippen LogP contribution in [0.15, 0.2) is 18.2 Å². The van der Waals surface area contributed by atoms with Gasteiger partial charge in [-0.2, -0.15) is 0 Å². The molecule has 2 heteroatoms. The SMILES string of the molecule is CCc1ccc(C[C@H](N)CC)cc1OC. The highest BCUT2D eigenvalue weighted by Crippen LogP contribution is 2.21. The van der Waals surface area contributed by atoms with Crippen LogP contribution in [0.2, 0.25) is 0 Å². The number of hydrogen-bond donors (Lipinski definition) is 1. The summed E-state index contributed by atoms with van der Waals surface area (Å²) in [5.41, 5.74) is 8.44. The van der Waals surface area contributed by atoms with Crippen LogP contribution in [0.25, 0.3) is 0 Å². The summed E-state index contributed by atoms with van der Waals surface area (Å²) in [7, 11) is 1.72. The van der Waals surface area contributed by atoms with Gasteiger partial charge in [-0.1, -0.05) is 26.0 Å². The van der Waals surface area contributed by atoms with Crippen LogP contribution in [0.1, 0.15) is 31.4 Å². The van der Waals surface area contributed by atoms with Crippen molar-refractivity contribution in [2.45, 2.75) is 39.2 Å². The average Bonchev–Trinajstić information content (AvgIpc) is 2.28. The lowest BCUT2D eigenvalue weighted by molar-refractivity contribution is 0.409. The summed E-state index contributed by atoms with van der Waals surface area (Å²) in [6.45, 7) is 4.25. The van der Waals surface area contributed by atoms with Gasteiger partial charge in [0, 0.05) is 6.04 Å². The molecule has 1 rings (SSSR count). The Bertz CT molecular complexity index is 309. The predicted octanol–water partition coefficient (Wildman–Crippen LogP) is 2.54. The first kappa shape index (κ1) is 12.1. The van der Waals surface area contributed by atoms with Crippen molar-refractivity contribution in [2.24, 2.45) is 5.73 Å². The molecule has 0 amide bonds. The van der Waals surface area contributed by atoms with E-state index in [2.05, 4.69) is 32.0 Å². The highest BCUT2D eigenvalue weighted by Gasteiger charge is 2.05. The number of rotatable bonds is 5. The maximum Gasteiger partial charge on any atom is 0.122 e. The molecule has 1 atom stereocenters. The van der Waals surface area contributed by atoms with Crippen LogP contribution >= 0.6 is 0 Å². The molecule has 2 nitrogen and oxygen atoms in total. The van der Waals surface area contributed by atoms with E-state index < -0.39 is 0 Å². The number of aryl methyl sites for hydroxylation is 1. The smallest absolute Gasteiger partial charge is 0.122 e. The Kier molecular flexibility index (Phi) is 4.63. The van der Waals surface area contributed by atoms with Crippen LogP contribution in [0.5, 0.6) is 5.75 Å². The summed E-state index contributed by atoms with van der Waals surface area (Å²) in [5.74, 6) is 0.985. The summed E-state index contributed by atoms with van der Waals surface area (Å²) in [5, 5.41) is 0. The van der Waals surface area contributed by atoms with E-state index in [-0.39, 0.29) is 6.04 Å². The first-order chi connectivity index (χ1) is 7.21. The summed E-state index contributed by atoms with van der Waals surface area (Å²) >= 11 is 0. The van der Waals surface area contributed by atoms with Gasteiger partial charge in [-0.25, -0.2) is 0 Å². The van der Waals surface area contributed by atoms with Gasteiger partial charge in [0.2, 0.25) is 0 Å². The molecule has 0 heterocycles. The average molecular weight is 207 g/mol. The minimum Gasteiger partial charge on any atom is -0.496 e. The second-order valence-electron chi connectivity index (χ2n) is 3.87. The van der Waals surface area contributed by atoms with Crippen molar-refractivity contribution in [3.8, 4) is 5.75 Å². The molecule has 0 aliphatic rings. The van der Waals surface area contributed by atoms with E-state index in [1.807, 2.05) is 0 Å². The van der Waals surface area contributed by atoms with Gasteiger partial charge >= 0.3 is 0 Å². The first-order valence-electron chi connectivity index (χ1n) is 5.62. The number of hydrogen-bond acceptors (Lipinski definition) is 2. The normalized spacial score (nSPS) is 12.5. The number of ether oxygens (including phenoxy) is 1. The summed E-state index contributed by atoms with van der Waals surface area (Å²) < 4.78 is 5.35. The monoisotopic (exact) mass is 207 g/mol. The third-order valence-electron chi connectivity index (χ3n) is 2.75. The van der Waals surface area contributed by atoms with E-state index in [4.69, 9.17) is 10.5 Å². The second-order valence-corrected chi connectivity index (χ2v) is 3.87.